The maximum atomic E-state index is 5.40. The molecule has 0 bridgehead atoms. The molecule has 0 atom stereocenters. The zero-order valence-corrected chi connectivity index (χ0v) is 15.5. The van der Waals surface area contributed by atoms with Crippen molar-refractivity contribution in [3.05, 3.63) is 12.3 Å². The van der Waals surface area contributed by atoms with E-state index in [0.29, 0.717) is 6.54 Å². The minimum absolute atomic E-state index is 0.714. The Balaban J connectivity index is 3.03. The molecule has 4 heteroatoms. The molecule has 0 unspecified atom stereocenters. The Kier molecular flexibility index (Phi) is 20.9. The van der Waals surface area contributed by atoms with E-state index >= 15 is 0 Å². The van der Waals surface area contributed by atoms with Gasteiger partial charge in [0.1, 0.15) is 0 Å². The van der Waals surface area contributed by atoms with Crippen molar-refractivity contribution in [3.63, 3.8) is 0 Å². The third kappa shape index (κ3) is 21.4. The summed E-state index contributed by atoms with van der Waals surface area (Å²) in [5.74, 6) is 0. The number of nitrogens with one attached hydrogen (secondary N) is 3. The number of rotatable bonds is 19. The van der Waals surface area contributed by atoms with Crippen molar-refractivity contribution >= 4 is 0 Å². The van der Waals surface area contributed by atoms with Gasteiger partial charge in [0, 0.05) is 39.3 Å². The van der Waals surface area contributed by atoms with Crippen LogP contribution in [0.4, 0.5) is 0 Å². The van der Waals surface area contributed by atoms with E-state index in [0.717, 1.165) is 32.7 Å². The fourth-order valence-corrected chi connectivity index (χ4v) is 2.51. The third-order valence-corrected chi connectivity index (χ3v) is 3.96. The lowest BCUT2D eigenvalue weighted by molar-refractivity contribution is 0.566. The Morgan fingerprint density at radius 1 is 0.696 bits per heavy atom. The van der Waals surface area contributed by atoms with Crippen molar-refractivity contribution < 1.29 is 0 Å². The Labute approximate surface area is 145 Å². The summed E-state index contributed by atoms with van der Waals surface area (Å²) in [7, 11) is 0. The summed E-state index contributed by atoms with van der Waals surface area (Å²) in [5, 5.41) is 9.99. The van der Waals surface area contributed by atoms with E-state index < -0.39 is 0 Å². The van der Waals surface area contributed by atoms with Gasteiger partial charge in [-0.25, -0.2) is 0 Å². The Hall–Kier alpha value is -0.580. The van der Waals surface area contributed by atoms with Gasteiger partial charge in [0.15, 0.2) is 0 Å². The molecule has 0 rings (SSSR count). The SMILES string of the molecule is CCCCCCCCCCCC=CNCCNCCNCCN. The predicted octanol–water partition coefficient (Wildman–Crippen LogP) is 3.15. The summed E-state index contributed by atoms with van der Waals surface area (Å²) >= 11 is 0. The molecule has 5 N–H and O–H groups in total. The second-order valence-electron chi connectivity index (χ2n) is 6.26. The van der Waals surface area contributed by atoms with Gasteiger partial charge in [0.2, 0.25) is 0 Å². The highest BCUT2D eigenvalue weighted by Crippen LogP contribution is 2.10. The average Bonchev–Trinajstić information content (AvgIpc) is 2.57. The topological polar surface area (TPSA) is 62.1 Å². The molecule has 4 nitrogen and oxygen atoms in total. The average molecular weight is 327 g/mol. The molecule has 0 aromatic rings. The van der Waals surface area contributed by atoms with Gasteiger partial charge in [-0.1, -0.05) is 64.4 Å². The van der Waals surface area contributed by atoms with E-state index in [1.807, 2.05) is 0 Å². The van der Waals surface area contributed by atoms with Gasteiger partial charge in [0.05, 0.1) is 0 Å². The summed E-state index contributed by atoms with van der Waals surface area (Å²) in [6.45, 7) is 7.89. The molecule has 0 radical (unpaired) electrons. The minimum atomic E-state index is 0.714. The van der Waals surface area contributed by atoms with Crippen LogP contribution >= 0.6 is 0 Å². The first-order chi connectivity index (χ1) is 11.4. The van der Waals surface area contributed by atoms with E-state index in [1.54, 1.807) is 0 Å². The first-order valence-corrected chi connectivity index (χ1v) is 9.91. The van der Waals surface area contributed by atoms with Gasteiger partial charge in [-0.15, -0.1) is 0 Å². The van der Waals surface area contributed by atoms with E-state index in [-0.39, 0.29) is 0 Å². The maximum Gasteiger partial charge on any atom is 0.0266 e. The molecule has 0 heterocycles. The molecule has 138 valence electrons. The Bertz CT molecular complexity index is 231. The molecular weight excluding hydrogens is 284 g/mol. The number of hydrogen-bond acceptors (Lipinski definition) is 4. The van der Waals surface area contributed by atoms with Gasteiger partial charge in [-0.2, -0.15) is 0 Å². The lowest BCUT2D eigenvalue weighted by atomic mass is 10.1. The molecule has 0 aliphatic rings. The van der Waals surface area contributed by atoms with Crippen molar-refractivity contribution in [2.45, 2.75) is 71.1 Å². The summed E-state index contributed by atoms with van der Waals surface area (Å²) < 4.78 is 0. The molecule has 0 aromatic carbocycles. The van der Waals surface area contributed by atoms with Crippen LogP contribution in [0.15, 0.2) is 12.3 Å². The Morgan fingerprint density at radius 2 is 1.26 bits per heavy atom. The first kappa shape index (κ1) is 22.4. The molecule has 0 aromatic heterocycles. The molecule has 0 saturated carbocycles. The summed E-state index contributed by atoms with van der Waals surface area (Å²) in [6, 6.07) is 0. The molecule has 0 spiro atoms. The highest BCUT2D eigenvalue weighted by molar-refractivity contribution is 4.79. The number of nitrogens with two attached hydrogens (primary N) is 1. The van der Waals surface area contributed by atoms with Gasteiger partial charge in [-0.05, 0) is 19.0 Å². The zero-order chi connectivity index (χ0) is 16.8. The van der Waals surface area contributed by atoms with Crippen LogP contribution in [0.1, 0.15) is 71.1 Å². The lowest BCUT2D eigenvalue weighted by Gasteiger charge is -2.05. The summed E-state index contributed by atoms with van der Waals surface area (Å²) in [6.07, 6.45) is 18.2. The van der Waals surface area contributed by atoms with Crippen molar-refractivity contribution in [2.75, 3.05) is 39.3 Å². The minimum Gasteiger partial charge on any atom is -0.390 e. The van der Waals surface area contributed by atoms with Crippen molar-refractivity contribution in [1.29, 1.82) is 0 Å². The molecule has 0 aliphatic carbocycles. The van der Waals surface area contributed by atoms with Crippen LogP contribution in [0.25, 0.3) is 0 Å². The van der Waals surface area contributed by atoms with Crippen LogP contribution < -0.4 is 21.7 Å². The van der Waals surface area contributed by atoms with E-state index in [9.17, 15) is 0 Å². The van der Waals surface area contributed by atoms with Crippen LogP contribution in [-0.4, -0.2) is 39.3 Å². The number of hydrogen-bond donors (Lipinski definition) is 4. The highest BCUT2D eigenvalue weighted by Gasteiger charge is 1.91. The van der Waals surface area contributed by atoms with Gasteiger partial charge in [-0.3, -0.25) is 0 Å². The van der Waals surface area contributed by atoms with Crippen LogP contribution in [0.5, 0.6) is 0 Å². The fraction of sp³-hybridized carbons (Fsp3) is 0.895. The van der Waals surface area contributed by atoms with E-state index in [1.165, 1.54) is 64.2 Å². The normalized spacial score (nSPS) is 11.4. The van der Waals surface area contributed by atoms with Gasteiger partial charge in [0.25, 0.3) is 0 Å². The third-order valence-electron chi connectivity index (χ3n) is 3.96. The van der Waals surface area contributed by atoms with Crippen molar-refractivity contribution in [3.8, 4) is 0 Å². The van der Waals surface area contributed by atoms with E-state index in [4.69, 9.17) is 5.73 Å². The monoisotopic (exact) mass is 326 g/mol. The standard InChI is InChI=1S/C19H42N4/c1-2-3-4-5-6-7-8-9-10-11-12-14-21-16-18-23-19-17-22-15-13-20/h12,14,21-23H,2-11,13,15-20H2,1H3. The molecule has 23 heavy (non-hydrogen) atoms. The molecule has 0 saturated heterocycles. The Morgan fingerprint density at radius 3 is 1.91 bits per heavy atom. The van der Waals surface area contributed by atoms with Crippen LogP contribution in [-0.2, 0) is 0 Å². The second-order valence-corrected chi connectivity index (χ2v) is 6.26. The van der Waals surface area contributed by atoms with Gasteiger partial charge < -0.3 is 21.7 Å². The predicted molar refractivity (Wildman–Crippen MR) is 104 cm³/mol. The smallest absolute Gasteiger partial charge is 0.0266 e. The number of allylic oxidation sites excluding steroid dienone is 1. The number of unbranched alkanes of at least 4 members (excludes halogenated alkanes) is 9. The van der Waals surface area contributed by atoms with Gasteiger partial charge >= 0.3 is 0 Å². The van der Waals surface area contributed by atoms with Crippen LogP contribution in [0.3, 0.4) is 0 Å². The van der Waals surface area contributed by atoms with Crippen molar-refractivity contribution in [2.24, 2.45) is 5.73 Å². The van der Waals surface area contributed by atoms with E-state index in [2.05, 4.69) is 35.2 Å². The first-order valence-electron chi connectivity index (χ1n) is 9.91. The van der Waals surface area contributed by atoms with Crippen LogP contribution in [0.2, 0.25) is 0 Å². The second kappa shape index (κ2) is 21.4. The molecule has 0 fully saturated rings. The maximum absolute atomic E-state index is 5.40. The molecule has 0 aliphatic heterocycles. The summed E-state index contributed by atoms with van der Waals surface area (Å²) in [5.41, 5.74) is 5.40. The largest absolute Gasteiger partial charge is 0.390 e. The fourth-order valence-electron chi connectivity index (χ4n) is 2.51. The zero-order valence-electron chi connectivity index (χ0n) is 15.5. The highest BCUT2D eigenvalue weighted by atomic mass is 15.0. The summed E-state index contributed by atoms with van der Waals surface area (Å²) in [4.78, 5) is 0. The molecule has 0 amide bonds. The lowest BCUT2D eigenvalue weighted by Crippen LogP contribution is -2.33. The van der Waals surface area contributed by atoms with Crippen molar-refractivity contribution in [1.82, 2.24) is 16.0 Å². The molecular formula is C19H42N4. The van der Waals surface area contributed by atoms with Crippen LogP contribution in [0, 0.1) is 0 Å². The quantitative estimate of drug-likeness (QED) is 0.275.